The fourth-order valence-electron chi connectivity index (χ4n) is 2.58. The van der Waals surface area contributed by atoms with Gasteiger partial charge in [-0.2, -0.15) is 0 Å². The van der Waals surface area contributed by atoms with Crippen molar-refractivity contribution in [3.63, 3.8) is 0 Å². The van der Waals surface area contributed by atoms with Gasteiger partial charge in [0.25, 0.3) is 0 Å². The highest BCUT2D eigenvalue weighted by Gasteiger charge is 2.21. The van der Waals surface area contributed by atoms with Crippen LogP contribution in [-0.4, -0.2) is 36.2 Å². The molecule has 2 heterocycles. The fourth-order valence-corrected chi connectivity index (χ4v) is 2.58. The van der Waals surface area contributed by atoms with E-state index in [0.29, 0.717) is 6.04 Å². The van der Waals surface area contributed by atoms with Crippen molar-refractivity contribution in [1.82, 2.24) is 14.9 Å². The first kappa shape index (κ1) is 12.4. The lowest BCUT2D eigenvalue weighted by Gasteiger charge is -2.33. The van der Waals surface area contributed by atoms with E-state index in [0.717, 1.165) is 31.5 Å². The highest BCUT2D eigenvalue weighted by atomic mass is 15.3. The van der Waals surface area contributed by atoms with Gasteiger partial charge in [-0.1, -0.05) is 0 Å². The van der Waals surface area contributed by atoms with Crippen molar-refractivity contribution in [2.24, 2.45) is 5.92 Å². The van der Waals surface area contributed by atoms with Crippen LogP contribution in [0.3, 0.4) is 0 Å². The Balaban J connectivity index is 1.98. The summed E-state index contributed by atoms with van der Waals surface area (Å²) >= 11 is 0. The van der Waals surface area contributed by atoms with Gasteiger partial charge < -0.3 is 14.8 Å². The number of piperidine rings is 1. The number of imidazole rings is 1. The van der Waals surface area contributed by atoms with Crippen molar-refractivity contribution in [3.05, 3.63) is 12.4 Å². The number of rotatable bonds is 4. The zero-order valence-corrected chi connectivity index (χ0v) is 11.2. The largest absolute Gasteiger partial charge is 0.342 e. The number of nitrogens with zero attached hydrogens (tertiary/aromatic N) is 3. The van der Waals surface area contributed by atoms with E-state index >= 15 is 0 Å². The van der Waals surface area contributed by atoms with E-state index in [-0.39, 0.29) is 0 Å². The Kier molecular flexibility index (Phi) is 4.05. The molecule has 1 aliphatic heterocycles. The van der Waals surface area contributed by atoms with Gasteiger partial charge >= 0.3 is 0 Å². The lowest BCUT2D eigenvalue weighted by atomic mass is 9.97. The molecule has 0 amide bonds. The van der Waals surface area contributed by atoms with Crippen molar-refractivity contribution >= 4 is 5.95 Å². The van der Waals surface area contributed by atoms with Crippen LogP contribution in [0, 0.1) is 5.92 Å². The van der Waals surface area contributed by atoms with Gasteiger partial charge in [-0.25, -0.2) is 4.98 Å². The molecule has 1 aromatic heterocycles. The second-order valence-electron chi connectivity index (χ2n) is 5.22. The van der Waals surface area contributed by atoms with Crippen LogP contribution in [0.2, 0.25) is 0 Å². The van der Waals surface area contributed by atoms with Gasteiger partial charge in [-0.3, -0.25) is 0 Å². The molecule has 4 nitrogen and oxygen atoms in total. The quantitative estimate of drug-likeness (QED) is 0.867. The second-order valence-corrected chi connectivity index (χ2v) is 5.22. The standard InChI is InChI=1S/C13H24N4/c1-11(2)17-9-6-15-13(17)16-7-4-12(5-8-16)10-14-3/h6,9,11-12,14H,4-5,7-8,10H2,1-3H3. The molecule has 0 radical (unpaired) electrons. The summed E-state index contributed by atoms with van der Waals surface area (Å²) in [5.41, 5.74) is 0. The van der Waals surface area contributed by atoms with Crippen LogP contribution in [0.5, 0.6) is 0 Å². The molecule has 1 saturated heterocycles. The van der Waals surface area contributed by atoms with Gasteiger partial charge in [0.1, 0.15) is 0 Å². The topological polar surface area (TPSA) is 33.1 Å². The minimum Gasteiger partial charge on any atom is -0.342 e. The number of hydrogen-bond donors (Lipinski definition) is 1. The molecule has 1 fully saturated rings. The predicted octanol–water partition coefficient (Wildman–Crippen LogP) is 1.90. The van der Waals surface area contributed by atoms with E-state index < -0.39 is 0 Å². The molecule has 4 heteroatoms. The molecule has 0 aliphatic carbocycles. The molecule has 2 rings (SSSR count). The normalized spacial score (nSPS) is 18.0. The smallest absolute Gasteiger partial charge is 0.205 e. The van der Waals surface area contributed by atoms with Crippen LogP contribution in [0.4, 0.5) is 5.95 Å². The zero-order chi connectivity index (χ0) is 12.3. The Bertz CT molecular complexity index is 337. The highest BCUT2D eigenvalue weighted by Crippen LogP contribution is 2.23. The van der Waals surface area contributed by atoms with Crippen LogP contribution < -0.4 is 10.2 Å². The van der Waals surface area contributed by atoms with Crippen molar-refractivity contribution < 1.29 is 0 Å². The Hall–Kier alpha value is -1.03. The first-order valence-corrected chi connectivity index (χ1v) is 6.64. The molecule has 0 spiro atoms. The molecule has 1 aliphatic rings. The summed E-state index contributed by atoms with van der Waals surface area (Å²) in [5, 5.41) is 3.28. The fraction of sp³-hybridized carbons (Fsp3) is 0.769. The molecule has 0 atom stereocenters. The highest BCUT2D eigenvalue weighted by molar-refractivity contribution is 5.32. The lowest BCUT2D eigenvalue weighted by molar-refractivity contribution is 0.387. The second kappa shape index (κ2) is 5.54. The monoisotopic (exact) mass is 236 g/mol. The van der Waals surface area contributed by atoms with E-state index in [9.17, 15) is 0 Å². The van der Waals surface area contributed by atoms with Gasteiger partial charge in [0.05, 0.1) is 0 Å². The maximum Gasteiger partial charge on any atom is 0.205 e. The van der Waals surface area contributed by atoms with Gasteiger partial charge in [0.2, 0.25) is 5.95 Å². The molecular weight excluding hydrogens is 212 g/mol. The molecule has 0 aromatic carbocycles. The first-order valence-electron chi connectivity index (χ1n) is 6.64. The maximum atomic E-state index is 4.51. The summed E-state index contributed by atoms with van der Waals surface area (Å²) < 4.78 is 2.26. The number of anilines is 1. The maximum absolute atomic E-state index is 4.51. The Morgan fingerprint density at radius 1 is 1.41 bits per heavy atom. The average molecular weight is 236 g/mol. The summed E-state index contributed by atoms with van der Waals surface area (Å²) in [5.74, 6) is 1.97. The van der Waals surface area contributed by atoms with Gasteiger partial charge in [-0.05, 0) is 46.2 Å². The summed E-state index contributed by atoms with van der Waals surface area (Å²) in [6.07, 6.45) is 6.53. The van der Waals surface area contributed by atoms with Crippen molar-refractivity contribution in [2.75, 3.05) is 31.6 Å². The van der Waals surface area contributed by atoms with E-state index in [1.165, 1.54) is 12.8 Å². The number of aromatic nitrogens is 2. The third kappa shape index (κ3) is 2.80. The van der Waals surface area contributed by atoms with Crippen LogP contribution in [0.25, 0.3) is 0 Å². The van der Waals surface area contributed by atoms with Crippen LogP contribution in [0.1, 0.15) is 32.7 Å². The molecular formula is C13H24N4. The third-order valence-corrected chi connectivity index (χ3v) is 3.59. The molecule has 0 unspecified atom stereocenters. The van der Waals surface area contributed by atoms with E-state index in [1.54, 1.807) is 0 Å². The summed E-state index contributed by atoms with van der Waals surface area (Å²) in [6.45, 7) is 7.83. The summed E-state index contributed by atoms with van der Waals surface area (Å²) in [4.78, 5) is 6.93. The van der Waals surface area contributed by atoms with E-state index in [4.69, 9.17) is 0 Å². The first-order chi connectivity index (χ1) is 8.22. The predicted molar refractivity (Wildman–Crippen MR) is 71.5 cm³/mol. The summed E-state index contributed by atoms with van der Waals surface area (Å²) in [7, 11) is 2.04. The van der Waals surface area contributed by atoms with Gasteiger partial charge in [0, 0.05) is 31.5 Å². The van der Waals surface area contributed by atoms with Crippen molar-refractivity contribution in [2.45, 2.75) is 32.7 Å². The SMILES string of the molecule is CNCC1CCN(c2nccn2C(C)C)CC1. The number of nitrogens with one attached hydrogen (secondary N) is 1. The Morgan fingerprint density at radius 3 is 2.71 bits per heavy atom. The third-order valence-electron chi connectivity index (χ3n) is 3.59. The van der Waals surface area contributed by atoms with Crippen molar-refractivity contribution in [1.29, 1.82) is 0 Å². The molecule has 17 heavy (non-hydrogen) atoms. The lowest BCUT2D eigenvalue weighted by Crippen LogP contribution is -2.38. The molecule has 1 N–H and O–H groups in total. The zero-order valence-electron chi connectivity index (χ0n) is 11.2. The molecule has 96 valence electrons. The summed E-state index contributed by atoms with van der Waals surface area (Å²) in [6, 6.07) is 0.488. The Labute approximate surface area is 104 Å². The van der Waals surface area contributed by atoms with Crippen LogP contribution >= 0.6 is 0 Å². The molecule has 0 saturated carbocycles. The Morgan fingerprint density at radius 2 is 2.12 bits per heavy atom. The van der Waals surface area contributed by atoms with Gasteiger partial charge in [0.15, 0.2) is 0 Å². The van der Waals surface area contributed by atoms with Gasteiger partial charge in [-0.15, -0.1) is 0 Å². The average Bonchev–Trinajstić information content (AvgIpc) is 2.79. The minimum absolute atomic E-state index is 0.488. The molecule has 0 bridgehead atoms. The van der Waals surface area contributed by atoms with E-state index in [1.807, 2.05) is 13.2 Å². The number of hydrogen-bond acceptors (Lipinski definition) is 3. The molecule has 1 aromatic rings. The van der Waals surface area contributed by atoms with Crippen LogP contribution in [-0.2, 0) is 0 Å². The minimum atomic E-state index is 0.488. The van der Waals surface area contributed by atoms with Crippen LogP contribution in [0.15, 0.2) is 12.4 Å². The van der Waals surface area contributed by atoms with E-state index in [2.05, 4.69) is 39.8 Å². The van der Waals surface area contributed by atoms with Crippen molar-refractivity contribution in [3.8, 4) is 0 Å².